The number of aromatic nitrogens is 2. The van der Waals surface area contributed by atoms with E-state index in [-0.39, 0.29) is 11.0 Å². The third-order valence-corrected chi connectivity index (χ3v) is 2.73. The molecule has 0 aliphatic carbocycles. The van der Waals surface area contributed by atoms with Gasteiger partial charge in [-0.15, -0.1) is 0 Å². The Balaban J connectivity index is 3.02. The van der Waals surface area contributed by atoms with Gasteiger partial charge >= 0.3 is 0 Å². The average Bonchev–Trinajstić information content (AvgIpc) is 2.21. The van der Waals surface area contributed by atoms with Gasteiger partial charge in [0, 0.05) is 5.54 Å². The van der Waals surface area contributed by atoms with E-state index < -0.39 is 0 Å². The SMILES string of the molecule is CCOc1nc(C)nc(NC(C)(C)CC(C)(C)C)c1N. The van der Waals surface area contributed by atoms with Crippen molar-refractivity contribution in [3.05, 3.63) is 5.82 Å². The molecule has 0 aliphatic heterocycles. The molecule has 0 aromatic carbocycles. The maximum atomic E-state index is 6.10. The van der Waals surface area contributed by atoms with E-state index in [9.17, 15) is 0 Å². The van der Waals surface area contributed by atoms with Crippen LogP contribution in [-0.2, 0) is 0 Å². The fourth-order valence-electron chi connectivity index (χ4n) is 2.59. The number of hydrogen-bond donors (Lipinski definition) is 2. The van der Waals surface area contributed by atoms with Crippen LogP contribution in [0.4, 0.5) is 11.5 Å². The van der Waals surface area contributed by atoms with Gasteiger partial charge in [-0.1, -0.05) is 20.8 Å². The second kappa shape index (κ2) is 5.85. The Labute approximate surface area is 122 Å². The standard InChI is InChI=1S/C15H28N4O/c1-8-20-13-11(16)12(17-10(2)18-13)19-15(6,7)9-14(3,4)5/h8-9,16H2,1-7H3,(H,17,18,19). The Hall–Kier alpha value is -1.52. The van der Waals surface area contributed by atoms with Crippen LogP contribution in [0.3, 0.4) is 0 Å². The Bertz CT molecular complexity index is 464. The number of hydrogen-bond acceptors (Lipinski definition) is 5. The van der Waals surface area contributed by atoms with Crippen molar-refractivity contribution in [2.45, 2.75) is 60.4 Å². The molecule has 1 rings (SSSR count). The number of nitrogens with zero attached hydrogens (tertiary/aromatic N) is 2. The largest absolute Gasteiger partial charge is 0.476 e. The molecule has 0 fully saturated rings. The molecule has 20 heavy (non-hydrogen) atoms. The first kappa shape index (κ1) is 16.5. The van der Waals surface area contributed by atoms with Gasteiger partial charge in [0.05, 0.1) is 6.61 Å². The Morgan fingerprint density at radius 1 is 1.15 bits per heavy atom. The summed E-state index contributed by atoms with van der Waals surface area (Å²) in [5.41, 5.74) is 6.67. The van der Waals surface area contributed by atoms with Crippen LogP contribution < -0.4 is 15.8 Å². The van der Waals surface area contributed by atoms with E-state index in [1.54, 1.807) is 0 Å². The molecule has 3 N–H and O–H groups in total. The van der Waals surface area contributed by atoms with Gasteiger partial charge in [0.25, 0.3) is 0 Å². The molecule has 1 heterocycles. The van der Waals surface area contributed by atoms with Gasteiger partial charge < -0.3 is 15.8 Å². The number of ether oxygens (including phenoxy) is 1. The van der Waals surface area contributed by atoms with Gasteiger partial charge in [0.15, 0.2) is 5.82 Å². The fraction of sp³-hybridized carbons (Fsp3) is 0.733. The minimum atomic E-state index is -0.114. The highest BCUT2D eigenvalue weighted by molar-refractivity contribution is 5.67. The number of nitrogens with one attached hydrogen (secondary N) is 1. The van der Waals surface area contributed by atoms with E-state index in [4.69, 9.17) is 10.5 Å². The third-order valence-electron chi connectivity index (χ3n) is 2.73. The average molecular weight is 280 g/mol. The lowest BCUT2D eigenvalue weighted by atomic mass is 9.82. The number of anilines is 2. The molecule has 1 aromatic rings. The fourth-order valence-corrected chi connectivity index (χ4v) is 2.59. The van der Waals surface area contributed by atoms with Gasteiger partial charge in [-0.2, -0.15) is 4.98 Å². The second-order valence-corrected chi connectivity index (χ2v) is 7.02. The molecule has 5 nitrogen and oxygen atoms in total. The first-order valence-electron chi connectivity index (χ1n) is 7.09. The van der Waals surface area contributed by atoms with Gasteiger partial charge in [-0.3, -0.25) is 0 Å². The number of rotatable bonds is 5. The zero-order valence-corrected chi connectivity index (χ0v) is 13.8. The van der Waals surface area contributed by atoms with Crippen molar-refractivity contribution in [1.29, 1.82) is 0 Å². The minimum absolute atomic E-state index is 0.114. The van der Waals surface area contributed by atoms with Crippen LogP contribution in [-0.4, -0.2) is 22.1 Å². The summed E-state index contributed by atoms with van der Waals surface area (Å²) in [6, 6.07) is 0. The molecular weight excluding hydrogens is 252 g/mol. The molecule has 0 saturated heterocycles. The van der Waals surface area contributed by atoms with Crippen molar-refractivity contribution < 1.29 is 4.74 Å². The Kier molecular flexibility index (Phi) is 4.84. The van der Waals surface area contributed by atoms with Gasteiger partial charge in [0.2, 0.25) is 5.88 Å². The highest BCUT2D eigenvalue weighted by Gasteiger charge is 2.27. The summed E-state index contributed by atoms with van der Waals surface area (Å²) in [5.74, 6) is 1.75. The molecule has 114 valence electrons. The normalized spacial score (nSPS) is 12.3. The van der Waals surface area contributed by atoms with E-state index in [2.05, 4.69) is 49.9 Å². The van der Waals surface area contributed by atoms with Gasteiger partial charge in [-0.25, -0.2) is 4.98 Å². The van der Waals surface area contributed by atoms with Crippen molar-refractivity contribution in [3.63, 3.8) is 0 Å². The van der Waals surface area contributed by atoms with Crippen molar-refractivity contribution in [3.8, 4) is 5.88 Å². The van der Waals surface area contributed by atoms with Crippen LogP contribution in [0.25, 0.3) is 0 Å². The molecule has 1 aromatic heterocycles. The van der Waals surface area contributed by atoms with Crippen LogP contribution in [0.2, 0.25) is 0 Å². The van der Waals surface area contributed by atoms with E-state index >= 15 is 0 Å². The van der Waals surface area contributed by atoms with Crippen LogP contribution in [0.1, 0.15) is 53.8 Å². The topological polar surface area (TPSA) is 73.1 Å². The quantitative estimate of drug-likeness (QED) is 0.865. The van der Waals surface area contributed by atoms with E-state index in [0.717, 1.165) is 6.42 Å². The summed E-state index contributed by atoms with van der Waals surface area (Å²) in [7, 11) is 0. The lowest BCUT2D eigenvalue weighted by Crippen LogP contribution is -2.36. The number of nitrogen functional groups attached to an aromatic ring is 1. The molecule has 0 amide bonds. The first-order valence-corrected chi connectivity index (χ1v) is 7.09. The lowest BCUT2D eigenvalue weighted by Gasteiger charge is -2.34. The van der Waals surface area contributed by atoms with E-state index in [1.807, 2.05) is 13.8 Å². The van der Waals surface area contributed by atoms with Crippen molar-refractivity contribution in [1.82, 2.24) is 9.97 Å². The molecule has 0 unspecified atom stereocenters. The smallest absolute Gasteiger partial charge is 0.242 e. The van der Waals surface area contributed by atoms with Crippen LogP contribution >= 0.6 is 0 Å². The summed E-state index contributed by atoms with van der Waals surface area (Å²) in [5, 5.41) is 3.43. The first-order chi connectivity index (χ1) is 9.04. The third kappa shape index (κ3) is 4.87. The summed E-state index contributed by atoms with van der Waals surface area (Å²) in [4.78, 5) is 8.63. The maximum Gasteiger partial charge on any atom is 0.242 e. The van der Waals surface area contributed by atoms with Crippen LogP contribution in [0.5, 0.6) is 5.88 Å². The molecule has 0 atom stereocenters. The zero-order valence-electron chi connectivity index (χ0n) is 13.8. The summed E-state index contributed by atoms with van der Waals surface area (Å²) in [6.45, 7) is 15.2. The molecule has 0 bridgehead atoms. The minimum Gasteiger partial charge on any atom is -0.476 e. The van der Waals surface area contributed by atoms with Crippen molar-refractivity contribution in [2.24, 2.45) is 5.41 Å². The molecule has 0 saturated carbocycles. The molecule has 5 heteroatoms. The van der Waals surface area contributed by atoms with Crippen LogP contribution in [0.15, 0.2) is 0 Å². The lowest BCUT2D eigenvalue weighted by molar-refractivity contribution is 0.301. The predicted octanol–water partition coefficient (Wildman–Crippen LogP) is 3.39. The second-order valence-electron chi connectivity index (χ2n) is 7.02. The van der Waals surface area contributed by atoms with Crippen molar-refractivity contribution in [2.75, 3.05) is 17.7 Å². The maximum absolute atomic E-state index is 6.10. The Morgan fingerprint density at radius 2 is 1.75 bits per heavy atom. The highest BCUT2D eigenvalue weighted by atomic mass is 16.5. The predicted molar refractivity (Wildman–Crippen MR) is 84.1 cm³/mol. The van der Waals surface area contributed by atoms with E-state index in [0.29, 0.717) is 29.8 Å². The van der Waals surface area contributed by atoms with Gasteiger partial charge in [-0.05, 0) is 39.5 Å². The number of aryl methyl sites for hydroxylation is 1. The molecule has 0 aliphatic rings. The summed E-state index contributed by atoms with van der Waals surface area (Å²) >= 11 is 0. The van der Waals surface area contributed by atoms with Crippen LogP contribution in [0, 0.1) is 12.3 Å². The van der Waals surface area contributed by atoms with E-state index in [1.165, 1.54) is 0 Å². The molecule has 0 radical (unpaired) electrons. The summed E-state index contributed by atoms with van der Waals surface area (Å²) in [6.07, 6.45) is 0.993. The Morgan fingerprint density at radius 3 is 2.25 bits per heavy atom. The number of nitrogens with two attached hydrogens (primary N) is 1. The molecular formula is C15H28N4O. The monoisotopic (exact) mass is 280 g/mol. The van der Waals surface area contributed by atoms with Crippen molar-refractivity contribution >= 4 is 11.5 Å². The van der Waals surface area contributed by atoms with Gasteiger partial charge in [0.1, 0.15) is 11.5 Å². The highest BCUT2D eigenvalue weighted by Crippen LogP contribution is 2.33. The summed E-state index contributed by atoms with van der Waals surface area (Å²) < 4.78 is 5.46. The zero-order chi connectivity index (χ0) is 15.6. The molecule has 0 spiro atoms.